The SMILES string of the molecule is CC1C=C(C[Si](C)(C)N2CCCC2)c2ccccc21. The van der Waals surface area contributed by atoms with Crippen LogP contribution in [0.15, 0.2) is 30.3 Å². The van der Waals surface area contributed by atoms with E-state index in [1.54, 1.807) is 5.57 Å². The van der Waals surface area contributed by atoms with Crippen molar-refractivity contribution < 1.29 is 0 Å². The summed E-state index contributed by atoms with van der Waals surface area (Å²) >= 11 is 0. The molecular weight excluding hydrogens is 246 g/mol. The standard InChI is InChI=1S/C17H25NSi/c1-14-12-15(17-9-5-4-8-16(14)17)13-19(2,3)18-10-6-7-11-18/h4-5,8-9,12,14H,6-7,10-11,13H2,1-3H3. The highest BCUT2D eigenvalue weighted by molar-refractivity contribution is 6.76. The number of allylic oxidation sites excluding steroid dienone is 2. The Morgan fingerprint density at radius 2 is 1.84 bits per heavy atom. The maximum Gasteiger partial charge on any atom is 0.126 e. The summed E-state index contributed by atoms with van der Waals surface area (Å²) in [5.41, 5.74) is 4.67. The number of rotatable bonds is 3. The Hall–Kier alpha value is -0.863. The monoisotopic (exact) mass is 271 g/mol. The summed E-state index contributed by atoms with van der Waals surface area (Å²) in [6.45, 7) is 10.1. The zero-order valence-corrected chi connectivity index (χ0v) is 13.4. The summed E-state index contributed by atoms with van der Waals surface area (Å²) in [7, 11) is -1.27. The van der Waals surface area contributed by atoms with E-state index in [4.69, 9.17) is 0 Å². The number of fused-ring (bicyclic) bond motifs is 1. The minimum Gasteiger partial charge on any atom is -0.323 e. The van der Waals surface area contributed by atoms with Crippen molar-refractivity contribution in [3.05, 3.63) is 41.5 Å². The lowest BCUT2D eigenvalue weighted by molar-refractivity contribution is 0.521. The first-order valence-corrected chi connectivity index (χ1v) is 10.8. The molecule has 1 aliphatic heterocycles. The van der Waals surface area contributed by atoms with Crippen molar-refractivity contribution in [3.8, 4) is 0 Å². The lowest BCUT2D eigenvalue weighted by Crippen LogP contribution is -2.46. The smallest absolute Gasteiger partial charge is 0.126 e. The summed E-state index contributed by atoms with van der Waals surface area (Å²) in [6, 6.07) is 10.3. The van der Waals surface area contributed by atoms with Gasteiger partial charge in [0.25, 0.3) is 0 Å². The molecule has 3 rings (SSSR count). The molecule has 0 amide bonds. The van der Waals surface area contributed by atoms with Crippen LogP contribution in [0.4, 0.5) is 0 Å². The van der Waals surface area contributed by atoms with E-state index in [-0.39, 0.29) is 0 Å². The molecule has 1 saturated heterocycles. The van der Waals surface area contributed by atoms with Crippen molar-refractivity contribution in [1.82, 2.24) is 4.57 Å². The van der Waals surface area contributed by atoms with Crippen LogP contribution in [0.25, 0.3) is 5.57 Å². The molecule has 0 aromatic heterocycles. The Morgan fingerprint density at radius 3 is 2.58 bits per heavy atom. The summed E-state index contributed by atoms with van der Waals surface area (Å²) in [5.74, 6) is 0.606. The van der Waals surface area contributed by atoms with Gasteiger partial charge in [-0.25, -0.2) is 0 Å². The Bertz CT molecular complexity index is 498. The van der Waals surface area contributed by atoms with E-state index in [9.17, 15) is 0 Å². The van der Waals surface area contributed by atoms with E-state index >= 15 is 0 Å². The van der Waals surface area contributed by atoms with Crippen LogP contribution in [-0.4, -0.2) is 25.9 Å². The molecule has 1 nitrogen and oxygen atoms in total. The molecule has 1 aromatic carbocycles. The van der Waals surface area contributed by atoms with E-state index < -0.39 is 8.24 Å². The number of hydrogen-bond acceptors (Lipinski definition) is 1. The fraction of sp³-hybridized carbons (Fsp3) is 0.529. The predicted molar refractivity (Wildman–Crippen MR) is 85.9 cm³/mol. The Labute approximate surface area is 118 Å². The average Bonchev–Trinajstić information content (AvgIpc) is 3.00. The molecule has 0 spiro atoms. The summed E-state index contributed by atoms with van der Waals surface area (Å²) in [4.78, 5) is 0. The van der Waals surface area contributed by atoms with Gasteiger partial charge in [0, 0.05) is 5.92 Å². The zero-order chi connectivity index (χ0) is 13.5. The van der Waals surface area contributed by atoms with Gasteiger partial charge in [-0.05, 0) is 48.7 Å². The average molecular weight is 271 g/mol. The van der Waals surface area contributed by atoms with Crippen LogP contribution < -0.4 is 0 Å². The number of nitrogens with zero attached hydrogens (tertiary/aromatic N) is 1. The van der Waals surface area contributed by atoms with Crippen LogP contribution in [0, 0.1) is 0 Å². The van der Waals surface area contributed by atoms with E-state index in [0.29, 0.717) is 5.92 Å². The van der Waals surface area contributed by atoms with Gasteiger partial charge < -0.3 is 4.57 Å². The van der Waals surface area contributed by atoms with Crippen LogP contribution in [0.3, 0.4) is 0 Å². The summed E-state index contributed by atoms with van der Waals surface area (Å²) < 4.78 is 2.80. The third-order valence-corrected chi connectivity index (χ3v) is 8.24. The summed E-state index contributed by atoms with van der Waals surface area (Å²) in [5, 5.41) is 0. The summed E-state index contributed by atoms with van der Waals surface area (Å²) in [6.07, 6.45) is 5.32. The highest BCUT2D eigenvalue weighted by Crippen LogP contribution is 2.40. The van der Waals surface area contributed by atoms with E-state index in [2.05, 4.69) is 54.9 Å². The molecule has 0 N–H and O–H groups in total. The number of hydrogen-bond donors (Lipinski definition) is 0. The van der Waals surface area contributed by atoms with E-state index in [1.807, 2.05) is 0 Å². The first-order chi connectivity index (χ1) is 9.08. The molecule has 1 fully saturated rings. The van der Waals surface area contributed by atoms with Gasteiger partial charge in [0.2, 0.25) is 0 Å². The second-order valence-corrected chi connectivity index (χ2v) is 11.4. The topological polar surface area (TPSA) is 3.24 Å². The molecule has 2 heteroatoms. The Kier molecular flexibility index (Phi) is 3.40. The van der Waals surface area contributed by atoms with Gasteiger partial charge in [-0.1, -0.05) is 50.4 Å². The zero-order valence-electron chi connectivity index (χ0n) is 12.4. The van der Waals surface area contributed by atoms with Crippen LogP contribution >= 0.6 is 0 Å². The van der Waals surface area contributed by atoms with Crippen molar-refractivity contribution in [2.75, 3.05) is 13.1 Å². The molecule has 19 heavy (non-hydrogen) atoms. The molecule has 1 heterocycles. The van der Waals surface area contributed by atoms with Crippen LogP contribution in [0.1, 0.15) is 36.8 Å². The van der Waals surface area contributed by atoms with Gasteiger partial charge in [0.15, 0.2) is 0 Å². The molecule has 102 valence electrons. The normalized spacial score (nSPS) is 23.5. The Morgan fingerprint density at radius 1 is 1.16 bits per heavy atom. The van der Waals surface area contributed by atoms with E-state index in [0.717, 1.165) is 0 Å². The molecule has 0 bridgehead atoms. The van der Waals surface area contributed by atoms with Gasteiger partial charge in [-0.15, -0.1) is 0 Å². The molecule has 2 aliphatic rings. The first-order valence-electron chi connectivity index (χ1n) is 7.63. The molecule has 0 saturated carbocycles. The molecule has 1 unspecified atom stereocenters. The van der Waals surface area contributed by atoms with Crippen LogP contribution in [0.2, 0.25) is 19.1 Å². The quantitative estimate of drug-likeness (QED) is 0.732. The van der Waals surface area contributed by atoms with Gasteiger partial charge in [0.05, 0.1) is 0 Å². The lowest BCUT2D eigenvalue weighted by atomic mass is 10.0. The minimum absolute atomic E-state index is 0.606. The third-order valence-electron chi connectivity index (χ3n) is 4.83. The van der Waals surface area contributed by atoms with Crippen molar-refractivity contribution in [2.45, 2.75) is 44.8 Å². The highest BCUT2D eigenvalue weighted by Gasteiger charge is 2.34. The van der Waals surface area contributed by atoms with Gasteiger partial charge >= 0.3 is 0 Å². The molecule has 1 aliphatic carbocycles. The van der Waals surface area contributed by atoms with E-state index in [1.165, 1.54) is 43.1 Å². The molecule has 0 radical (unpaired) electrons. The van der Waals surface area contributed by atoms with Gasteiger partial charge in [-0.3, -0.25) is 0 Å². The second kappa shape index (κ2) is 4.91. The fourth-order valence-electron chi connectivity index (χ4n) is 3.72. The largest absolute Gasteiger partial charge is 0.323 e. The van der Waals surface area contributed by atoms with Crippen molar-refractivity contribution in [3.63, 3.8) is 0 Å². The van der Waals surface area contributed by atoms with Crippen molar-refractivity contribution >= 4 is 13.8 Å². The van der Waals surface area contributed by atoms with Gasteiger partial charge in [0.1, 0.15) is 8.24 Å². The lowest BCUT2D eigenvalue weighted by Gasteiger charge is -2.34. The van der Waals surface area contributed by atoms with Gasteiger partial charge in [-0.2, -0.15) is 0 Å². The van der Waals surface area contributed by atoms with Crippen molar-refractivity contribution in [2.24, 2.45) is 0 Å². The molecule has 1 aromatic rings. The second-order valence-electron chi connectivity index (χ2n) is 6.75. The minimum atomic E-state index is -1.27. The van der Waals surface area contributed by atoms with Crippen molar-refractivity contribution in [1.29, 1.82) is 0 Å². The Balaban J connectivity index is 1.82. The molecule has 1 atom stereocenters. The third kappa shape index (κ3) is 2.44. The maximum atomic E-state index is 2.80. The number of benzene rings is 1. The maximum absolute atomic E-state index is 2.80. The van der Waals surface area contributed by atoms with Crippen LogP contribution in [-0.2, 0) is 0 Å². The molecular formula is C17H25NSi. The highest BCUT2D eigenvalue weighted by atomic mass is 28.3. The fourth-order valence-corrected chi connectivity index (χ4v) is 6.71. The first kappa shape index (κ1) is 13.1. The van der Waals surface area contributed by atoms with Crippen LogP contribution in [0.5, 0.6) is 0 Å². The predicted octanol–water partition coefficient (Wildman–Crippen LogP) is 4.49.